The number of hydrogen-bond acceptors (Lipinski definition) is 6. The van der Waals surface area contributed by atoms with Gasteiger partial charge in [-0.25, -0.2) is 0 Å². The van der Waals surface area contributed by atoms with Crippen LogP contribution in [0.25, 0.3) is 11.0 Å². The number of nitrogens with zero attached hydrogens (tertiary/aromatic N) is 1. The van der Waals surface area contributed by atoms with Gasteiger partial charge in [0.25, 0.3) is 5.69 Å². The van der Waals surface area contributed by atoms with Gasteiger partial charge >= 0.3 is 18.7 Å². The lowest BCUT2D eigenvalue weighted by molar-refractivity contribution is -0.384. The van der Waals surface area contributed by atoms with Crippen molar-refractivity contribution in [2.45, 2.75) is 6.54 Å². The molecule has 0 bridgehead atoms. The summed E-state index contributed by atoms with van der Waals surface area (Å²) in [6.45, 7) is -0.348. The van der Waals surface area contributed by atoms with E-state index in [1.54, 1.807) is 0 Å². The third kappa shape index (κ3) is 4.13. The third-order valence-electron chi connectivity index (χ3n) is 2.93. The van der Waals surface area contributed by atoms with Crippen LogP contribution in [0, 0.1) is 10.1 Å². The van der Waals surface area contributed by atoms with Gasteiger partial charge in [-0.2, -0.15) is 0 Å². The van der Waals surface area contributed by atoms with Crippen LogP contribution in [0.5, 0.6) is 0 Å². The molecule has 0 aliphatic rings. The average Bonchev–Trinajstić information content (AvgIpc) is 2.44. The SMILES string of the molecule is O=C(CP(=O)(O)O)NCc1cc([N+](=O)[O-])cc2[nH]c(=O)c(=O)[nH]c12. The second-order valence-electron chi connectivity index (χ2n) is 4.79. The molecule has 0 spiro atoms. The van der Waals surface area contributed by atoms with Crippen LogP contribution < -0.4 is 16.4 Å². The molecule has 0 atom stereocenters. The second kappa shape index (κ2) is 6.35. The van der Waals surface area contributed by atoms with E-state index in [1.807, 2.05) is 0 Å². The second-order valence-corrected chi connectivity index (χ2v) is 6.44. The van der Waals surface area contributed by atoms with Crippen molar-refractivity contribution < 1.29 is 24.1 Å². The predicted molar refractivity (Wildman–Crippen MR) is 80.6 cm³/mol. The van der Waals surface area contributed by atoms with Gasteiger partial charge in [0.2, 0.25) is 5.91 Å². The number of nitro groups is 1. The fourth-order valence-corrected chi connectivity index (χ4v) is 2.45. The van der Waals surface area contributed by atoms with E-state index in [9.17, 15) is 29.1 Å². The van der Waals surface area contributed by atoms with E-state index in [4.69, 9.17) is 9.79 Å². The number of carbonyl (C=O) groups excluding carboxylic acids is 1. The summed E-state index contributed by atoms with van der Waals surface area (Å²) in [5.74, 6) is -0.977. The maximum absolute atomic E-state index is 11.4. The number of benzene rings is 1. The van der Waals surface area contributed by atoms with Crippen molar-refractivity contribution in [1.29, 1.82) is 0 Å². The molecule has 0 fully saturated rings. The van der Waals surface area contributed by atoms with E-state index in [2.05, 4.69) is 15.3 Å². The molecule has 0 saturated carbocycles. The van der Waals surface area contributed by atoms with E-state index in [0.29, 0.717) is 0 Å². The number of aromatic amines is 2. The number of rotatable bonds is 5. The van der Waals surface area contributed by atoms with E-state index < -0.39 is 41.4 Å². The Morgan fingerprint density at radius 2 is 1.88 bits per heavy atom. The van der Waals surface area contributed by atoms with Gasteiger partial charge in [-0.1, -0.05) is 0 Å². The lowest BCUT2D eigenvalue weighted by Crippen LogP contribution is -2.30. The highest BCUT2D eigenvalue weighted by Crippen LogP contribution is 2.33. The molecule has 1 aromatic heterocycles. The summed E-state index contributed by atoms with van der Waals surface area (Å²) in [6.07, 6.45) is -1.05. The summed E-state index contributed by atoms with van der Waals surface area (Å²) in [6, 6.07) is 2.10. The zero-order valence-corrected chi connectivity index (χ0v) is 12.7. The van der Waals surface area contributed by atoms with Crippen LogP contribution in [0.4, 0.5) is 5.69 Å². The van der Waals surface area contributed by atoms with Gasteiger partial charge in [0, 0.05) is 24.2 Å². The molecule has 13 heteroatoms. The molecule has 5 N–H and O–H groups in total. The van der Waals surface area contributed by atoms with Crippen LogP contribution in [0.2, 0.25) is 0 Å². The van der Waals surface area contributed by atoms with Crippen LogP contribution in [-0.2, 0) is 15.9 Å². The first-order valence-electron chi connectivity index (χ1n) is 6.32. The number of amides is 1. The van der Waals surface area contributed by atoms with E-state index in [0.717, 1.165) is 12.1 Å². The molecule has 2 aromatic rings. The molecule has 12 nitrogen and oxygen atoms in total. The van der Waals surface area contributed by atoms with Crippen molar-refractivity contribution in [3.8, 4) is 0 Å². The van der Waals surface area contributed by atoms with Crippen LogP contribution >= 0.6 is 7.60 Å². The summed E-state index contributed by atoms with van der Waals surface area (Å²) in [5.41, 5.74) is -2.26. The number of H-pyrrole nitrogens is 2. The van der Waals surface area contributed by atoms with E-state index in [-0.39, 0.29) is 23.1 Å². The Kier molecular flexibility index (Phi) is 4.64. The number of nitrogens with one attached hydrogen (secondary N) is 3. The molecular formula is C11H11N4O8P. The highest BCUT2D eigenvalue weighted by atomic mass is 31.2. The van der Waals surface area contributed by atoms with Gasteiger partial charge in [0.05, 0.1) is 16.0 Å². The van der Waals surface area contributed by atoms with Crippen LogP contribution in [0.3, 0.4) is 0 Å². The van der Waals surface area contributed by atoms with Gasteiger partial charge in [-0.05, 0) is 0 Å². The molecule has 0 aliphatic carbocycles. The summed E-state index contributed by atoms with van der Waals surface area (Å²) in [7, 11) is -4.56. The lowest BCUT2D eigenvalue weighted by atomic mass is 10.1. The van der Waals surface area contributed by atoms with Crippen molar-refractivity contribution in [3.63, 3.8) is 0 Å². The third-order valence-corrected chi connectivity index (χ3v) is 3.63. The molecule has 1 aromatic carbocycles. The average molecular weight is 358 g/mol. The minimum atomic E-state index is -4.56. The fourth-order valence-electron chi connectivity index (χ4n) is 1.96. The van der Waals surface area contributed by atoms with Gasteiger partial charge < -0.3 is 25.1 Å². The number of carbonyl (C=O) groups is 1. The van der Waals surface area contributed by atoms with Crippen LogP contribution in [0.1, 0.15) is 5.56 Å². The largest absolute Gasteiger partial charge is 0.351 e. The highest BCUT2D eigenvalue weighted by Gasteiger charge is 2.20. The molecule has 1 heterocycles. The molecular weight excluding hydrogens is 347 g/mol. The number of nitro benzene ring substituents is 1. The van der Waals surface area contributed by atoms with Gasteiger partial charge in [0.15, 0.2) is 0 Å². The normalized spacial score (nSPS) is 11.4. The lowest BCUT2D eigenvalue weighted by Gasteiger charge is -2.09. The topological polar surface area (TPSA) is 195 Å². The zero-order chi connectivity index (χ0) is 18.1. The van der Waals surface area contributed by atoms with Crippen molar-refractivity contribution >= 4 is 30.2 Å². The molecule has 128 valence electrons. The molecule has 2 rings (SSSR count). The summed E-state index contributed by atoms with van der Waals surface area (Å²) in [4.78, 5) is 66.2. The maximum Gasteiger partial charge on any atom is 0.334 e. The fraction of sp³-hybridized carbons (Fsp3) is 0.182. The quantitative estimate of drug-likeness (QED) is 0.192. The van der Waals surface area contributed by atoms with Crippen LogP contribution in [-0.4, -0.2) is 36.7 Å². The molecule has 0 aliphatic heterocycles. The molecule has 24 heavy (non-hydrogen) atoms. The van der Waals surface area contributed by atoms with Gasteiger partial charge in [-0.15, -0.1) is 0 Å². The molecule has 0 saturated heterocycles. The Hall–Kier alpha value is -2.82. The summed E-state index contributed by atoms with van der Waals surface area (Å²) < 4.78 is 10.7. The summed E-state index contributed by atoms with van der Waals surface area (Å²) >= 11 is 0. The smallest absolute Gasteiger partial charge is 0.334 e. The first kappa shape index (κ1) is 17.5. The van der Waals surface area contributed by atoms with Gasteiger partial charge in [0.1, 0.15) is 6.16 Å². The van der Waals surface area contributed by atoms with Crippen molar-refractivity contribution in [1.82, 2.24) is 15.3 Å². The predicted octanol–water partition coefficient (Wildman–Crippen LogP) is -1.08. The Balaban J connectivity index is 2.44. The number of hydrogen-bond donors (Lipinski definition) is 5. The van der Waals surface area contributed by atoms with Gasteiger partial charge in [-0.3, -0.25) is 29.1 Å². The van der Waals surface area contributed by atoms with Crippen molar-refractivity contribution in [2.24, 2.45) is 0 Å². The first-order valence-corrected chi connectivity index (χ1v) is 8.11. The first-order chi connectivity index (χ1) is 11.1. The Morgan fingerprint density at radius 3 is 2.46 bits per heavy atom. The Morgan fingerprint density at radius 1 is 1.25 bits per heavy atom. The Labute approximate surface area is 131 Å². The molecule has 0 radical (unpaired) electrons. The summed E-state index contributed by atoms with van der Waals surface area (Å²) in [5, 5.41) is 13.1. The van der Waals surface area contributed by atoms with E-state index in [1.165, 1.54) is 0 Å². The number of aromatic nitrogens is 2. The minimum Gasteiger partial charge on any atom is -0.351 e. The highest BCUT2D eigenvalue weighted by molar-refractivity contribution is 7.52. The number of fused-ring (bicyclic) bond motifs is 1. The monoisotopic (exact) mass is 358 g/mol. The zero-order valence-electron chi connectivity index (χ0n) is 11.8. The van der Waals surface area contributed by atoms with Crippen LogP contribution in [0.15, 0.2) is 21.7 Å². The molecule has 0 unspecified atom stereocenters. The minimum absolute atomic E-state index is 0.0203. The van der Waals surface area contributed by atoms with E-state index >= 15 is 0 Å². The maximum atomic E-state index is 11.4. The standard InChI is InChI=1S/C11H11N4O8P/c16-8(4-24(21,22)23)12-3-5-1-6(15(19)20)2-7-9(5)14-11(18)10(17)13-7/h1-2H,3-4H2,(H,12,16)(H,13,17)(H,14,18)(H2,21,22,23). The number of non-ortho nitro benzene ring substituents is 1. The van der Waals surface area contributed by atoms with Crippen molar-refractivity contribution in [2.75, 3.05) is 6.16 Å². The molecule has 1 amide bonds. The Bertz CT molecular complexity index is 988. The van der Waals surface area contributed by atoms with Crippen molar-refractivity contribution in [3.05, 3.63) is 48.5 Å².